The van der Waals surface area contributed by atoms with Crippen LogP contribution in [0.15, 0.2) is 22.7 Å². The summed E-state index contributed by atoms with van der Waals surface area (Å²) in [6.07, 6.45) is 3.57. The van der Waals surface area contributed by atoms with Crippen molar-refractivity contribution in [1.29, 1.82) is 0 Å². The minimum Gasteiger partial charge on any atom is -0.493 e. The second-order valence-corrected chi connectivity index (χ2v) is 5.54. The van der Waals surface area contributed by atoms with Crippen molar-refractivity contribution in [2.24, 2.45) is 5.92 Å². The smallest absolute Gasteiger partial charge is 0.122 e. The molecule has 0 radical (unpaired) electrons. The number of hydrogen-bond donors (Lipinski definition) is 1. The molecule has 1 heterocycles. The number of benzene rings is 1. The second-order valence-electron chi connectivity index (χ2n) is 4.63. The molecule has 102 valence electrons. The number of aryl methyl sites for hydroxylation is 1. The van der Waals surface area contributed by atoms with Gasteiger partial charge in [-0.25, -0.2) is 0 Å². The average Bonchev–Trinajstić information content (AvgIpc) is 2.38. The summed E-state index contributed by atoms with van der Waals surface area (Å²) < 4.78 is 7.09. The standard InChI is InChI=1S/C14H20BrNO.ClH/c1-2-12-8-13(15)5-6-14(12)17-10-11-4-3-7-16-9-11;/h5-6,8,11,16H,2-4,7,9-10H2,1H3;1H. The van der Waals surface area contributed by atoms with Gasteiger partial charge in [-0.3, -0.25) is 0 Å². The molecular weight excluding hydrogens is 314 g/mol. The van der Waals surface area contributed by atoms with E-state index in [0.29, 0.717) is 5.92 Å². The molecule has 1 atom stereocenters. The van der Waals surface area contributed by atoms with E-state index in [1.807, 2.05) is 6.07 Å². The van der Waals surface area contributed by atoms with E-state index >= 15 is 0 Å². The molecule has 4 heteroatoms. The van der Waals surface area contributed by atoms with Crippen molar-refractivity contribution in [1.82, 2.24) is 5.32 Å². The molecule has 2 nitrogen and oxygen atoms in total. The first-order chi connectivity index (χ1) is 8.29. The first-order valence-electron chi connectivity index (χ1n) is 6.41. The Labute approximate surface area is 124 Å². The van der Waals surface area contributed by atoms with Gasteiger partial charge in [0.25, 0.3) is 0 Å². The summed E-state index contributed by atoms with van der Waals surface area (Å²) in [5.74, 6) is 1.71. The number of ether oxygens (including phenoxy) is 1. The van der Waals surface area contributed by atoms with Gasteiger partial charge in [-0.05, 0) is 49.6 Å². The van der Waals surface area contributed by atoms with Crippen LogP contribution in [0, 0.1) is 5.92 Å². The lowest BCUT2D eigenvalue weighted by Gasteiger charge is -2.23. The van der Waals surface area contributed by atoms with Gasteiger partial charge < -0.3 is 10.1 Å². The Bertz CT molecular complexity index is 367. The van der Waals surface area contributed by atoms with Crippen LogP contribution in [-0.2, 0) is 6.42 Å². The first kappa shape index (κ1) is 15.8. The van der Waals surface area contributed by atoms with Gasteiger partial charge in [0.2, 0.25) is 0 Å². The number of hydrogen-bond acceptors (Lipinski definition) is 2. The van der Waals surface area contributed by atoms with E-state index < -0.39 is 0 Å². The van der Waals surface area contributed by atoms with Crippen LogP contribution in [0.25, 0.3) is 0 Å². The molecule has 2 rings (SSSR count). The molecule has 1 N–H and O–H groups in total. The number of rotatable bonds is 4. The monoisotopic (exact) mass is 333 g/mol. The summed E-state index contributed by atoms with van der Waals surface area (Å²) in [6.45, 7) is 5.26. The molecule has 1 fully saturated rings. The fourth-order valence-corrected chi connectivity index (χ4v) is 2.65. The molecule has 0 saturated carbocycles. The molecule has 1 aromatic rings. The van der Waals surface area contributed by atoms with E-state index in [1.165, 1.54) is 18.4 Å². The molecule has 0 aliphatic carbocycles. The van der Waals surface area contributed by atoms with Gasteiger partial charge in [0.1, 0.15) is 5.75 Å². The van der Waals surface area contributed by atoms with Gasteiger partial charge in [-0.1, -0.05) is 22.9 Å². The highest BCUT2D eigenvalue weighted by Crippen LogP contribution is 2.24. The average molecular weight is 335 g/mol. The van der Waals surface area contributed by atoms with Crippen LogP contribution < -0.4 is 10.1 Å². The van der Waals surface area contributed by atoms with Crippen LogP contribution in [-0.4, -0.2) is 19.7 Å². The Hall–Kier alpha value is -0.250. The van der Waals surface area contributed by atoms with Crippen LogP contribution in [0.4, 0.5) is 0 Å². The number of nitrogens with one attached hydrogen (secondary N) is 1. The van der Waals surface area contributed by atoms with Crippen molar-refractivity contribution in [3.8, 4) is 5.75 Å². The minimum atomic E-state index is 0. The van der Waals surface area contributed by atoms with Gasteiger partial charge >= 0.3 is 0 Å². The Morgan fingerprint density at radius 2 is 2.28 bits per heavy atom. The zero-order chi connectivity index (χ0) is 12.1. The van der Waals surface area contributed by atoms with Crippen molar-refractivity contribution in [3.05, 3.63) is 28.2 Å². The zero-order valence-corrected chi connectivity index (χ0v) is 13.1. The lowest BCUT2D eigenvalue weighted by molar-refractivity contribution is 0.217. The van der Waals surface area contributed by atoms with Crippen LogP contribution in [0.2, 0.25) is 0 Å². The largest absolute Gasteiger partial charge is 0.493 e. The predicted octanol–water partition coefficient (Wildman–Crippen LogP) is 3.81. The SMILES string of the molecule is CCc1cc(Br)ccc1OCC1CCCNC1.Cl. The Balaban J connectivity index is 0.00000162. The highest BCUT2D eigenvalue weighted by Gasteiger charge is 2.14. The predicted molar refractivity (Wildman–Crippen MR) is 81.9 cm³/mol. The summed E-state index contributed by atoms with van der Waals surface area (Å²) in [6, 6.07) is 6.27. The first-order valence-corrected chi connectivity index (χ1v) is 7.21. The fraction of sp³-hybridized carbons (Fsp3) is 0.571. The zero-order valence-electron chi connectivity index (χ0n) is 10.7. The molecule has 1 aliphatic heterocycles. The third-order valence-electron chi connectivity index (χ3n) is 3.28. The van der Waals surface area contributed by atoms with Crippen LogP contribution in [0.1, 0.15) is 25.3 Å². The third kappa shape index (κ3) is 4.45. The molecular formula is C14H21BrClNO. The molecule has 1 aliphatic rings. The number of piperidine rings is 1. The number of halogens is 2. The summed E-state index contributed by atoms with van der Waals surface area (Å²) in [4.78, 5) is 0. The highest BCUT2D eigenvalue weighted by atomic mass is 79.9. The Morgan fingerprint density at radius 1 is 1.44 bits per heavy atom. The topological polar surface area (TPSA) is 21.3 Å². The maximum Gasteiger partial charge on any atom is 0.122 e. The normalized spacial score (nSPS) is 19.1. The van der Waals surface area contributed by atoms with E-state index in [2.05, 4.69) is 40.3 Å². The Morgan fingerprint density at radius 3 is 2.94 bits per heavy atom. The molecule has 0 amide bonds. The molecule has 1 saturated heterocycles. The molecule has 0 spiro atoms. The molecule has 1 aromatic carbocycles. The maximum atomic E-state index is 5.96. The lowest BCUT2D eigenvalue weighted by atomic mass is 10.0. The quantitative estimate of drug-likeness (QED) is 0.904. The van der Waals surface area contributed by atoms with Crippen LogP contribution in [0.3, 0.4) is 0 Å². The minimum absolute atomic E-state index is 0. The van der Waals surface area contributed by atoms with Gasteiger partial charge in [0.15, 0.2) is 0 Å². The third-order valence-corrected chi connectivity index (χ3v) is 3.77. The van der Waals surface area contributed by atoms with Crippen molar-refractivity contribution in [3.63, 3.8) is 0 Å². The summed E-state index contributed by atoms with van der Waals surface area (Å²) >= 11 is 3.50. The second kappa shape index (κ2) is 8.03. The Kier molecular flexibility index (Phi) is 7.05. The summed E-state index contributed by atoms with van der Waals surface area (Å²) in [5.41, 5.74) is 1.28. The van der Waals surface area contributed by atoms with Crippen molar-refractivity contribution in [2.75, 3.05) is 19.7 Å². The molecule has 0 aromatic heterocycles. The summed E-state index contributed by atoms with van der Waals surface area (Å²) in [5, 5.41) is 3.42. The van der Waals surface area contributed by atoms with E-state index in [1.54, 1.807) is 0 Å². The fourth-order valence-electron chi connectivity index (χ4n) is 2.24. The van der Waals surface area contributed by atoms with Crippen molar-refractivity contribution >= 4 is 28.3 Å². The van der Waals surface area contributed by atoms with Gasteiger partial charge in [-0.2, -0.15) is 0 Å². The van der Waals surface area contributed by atoms with E-state index in [-0.39, 0.29) is 12.4 Å². The van der Waals surface area contributed by atoms with E-state index in [9.17, 15) is 0 Å². The molecule has 0 bridgehead atoms. The van der Waals surface area contributed by atoms with Crippen molar-refractivity contribution in [2.45, 2.75) is 26.2 Å². The highest BCUT2D eigenvalue weighted by molar-refractivity contribution is 9.10. The van der Waals surface area contributed by atoms with Crippen LogP contribution in [0.5, 0.6) is 5.75 Å². The summed E-state index contributed by atoms with van der Waals surface area (Å²) in [7, 11) is 0. The van der Waals surface area contributed by atoms with Gasteiger partial charge in [0, 0.05) is 16.9 Å². The van der Waals surface area contributed by atoms with E-state index in [0.717, 1.165) is 36.3 Å². The van der Waals surface area contributed by atoms with Gasteiger partial charge in [-0.15, -0.1) is 12.4 Å². The van der Waals surface area contributed by atoms with E-state index in [4.69, 9.17) is 4.74 Å². The molecule has 1 unspecified atom stereocenters. The lowest BCUT2D eigenvalue weighted by Crippen LogP contribution is -2.33. The van der Waals surface area contributed by atoms with Crippen molar-refractivity contribution < 1.29 is 4.74 Å². The van der Waals surface area contributed by atoms with Gasteiger partial charge in [0.05, 0.1) is 6.61 Å². The van der Waals surface area contributed by atoms with Crippen LogP contribution >= 0.6 is 28.3 Å². The molecule has 18 heavy (non-hydrogen) atoms. The maximum absolute atomic E-state index is 5.96.